The van der Waals surface area contributed by atoms with Crippen LogP contribution in [0.3, 0.4) is 0 Å². The van der Waals surface area contributed by atoms with E-state index in [0.717, 1.165) is 48.7 Å². The lowest BCUT2D eigenvalue weighted by molar-refractivity contribution is 0.246. The summed E-state index contributed by atoms with van der Waals surface area (Å²) >= 11 is 0. The minimum absolute atomic E-state index is 0.584. The topological polar surface area (TPSA) is 92.1 Å². The number of rotatable bonds is 5. The van der Waals surface area contributed by atoms with Crippen LogP contribution in [0, 0.1) is 0 Å². The number of fused-ring (bicyclic) bond motifs is 3. The van der Waals surface area contributed by atoms with Crippen molar-refractivity contribution in [3.05, 3.63) is 71.3 Å². The van der Waals surface area contributed by atoms with Crippen LogP contribution in [-0.2, 0) is 19.5 Å². The maximum absolute atomic E-state index is 6.19. The second kappa shape index (κ2) is 7.68. The molecule has 0 aliphatic carbocycles. The third kappa shape index (κ3) is 3.44. The summed E-state index contributed by atoms with van der Waals surface area (Å²) in [5, 5.41) is 11.6. The van der Waals surface area contributed by atoms with E-state index in [4.69, 9.17) is 15.5 Å². The van der Waals surface area contributed by atoms with Gasteiger partial charge in [-0.15, -0.1) is 0 Å². The van der Waals surface area contributed by atoms with Gasteiger partial charge >= 0.3 is 0 Å². The molecule has 5 rings (SSSR count). The maximum atomic E-state index is 6.19. The molecule has 0 spiro atoms. The number of H-pyrrole nitrogens is 1. The van der Waals surface area contributed by atoms with Crippen molar-refractivity contribution in [2.45, 2.75) is 19.5 Å². The largest absolute Gasteiger partial charge is 0.497 e. The van der Waals surface area contributed by atoms with Crippen LogP contribution in [0.1, 0.15) is 16.7 Å². The third-order valence-corrected chi connectivity index (χ3v) is 5.61. The standard InChI is InChI=1S/C23H24N6O/c1-30-17-9-7-16(8-10-17)25-22-19-14-29(13-15-5-3-2-4-6-15)12-11-18(19)20-21(24)27-28-23(20)26-22/h2-10H,11-14H2,1H3,(H4,24,25,26,27,28). The summed E-state index contributed by atoms with van der Waals surface area (Å²) in [6, 6.07) is 18.4. The van der Waals surface area contributed by atoms with Gasteiger partial charge in [0.2, 0.25) is 0 Å². The summed E-state index contributed by atoms with van der Waals surface area (Å²) in [5.74, 6) is 2.23. The Morgan fingerprint density at radius 1 is 1.10 bits per heavy atom. The van der Waals surface area contributed by atoms with E-state index in [1.165, 1.54) is 16.7 Å². The monoisotopic (exact) mass is 400 g/mol. The molecule has 3 heterocycles. The highest BCUT2D eigenvalue weighted by atomic mass is 16.5. The molecular formula is C23H24N6O. The zero-order chi connectivity index (χ0) is 20.5. The molecule has 0 bridgehead atoms. The number of pyridine rings is 1. The van der Waals surface area contributed by atoms with Gasteiger partial charge in [-0.1, -0.05) is 30.3 Å². The van der Waals surface area contributed by atoms with Crippen molar-refractivity contribution in [3.8, 4) is 5.75 Å². The predicted molar refractivity (Wildman–Crippen MR) is 119 cm³/mol. The molecule has 152 valence electrons. The highest BCUT2D eigenvalue weighted by Crippen LogP contribution is 2.35. The molecule has 4 N–H and O–H groups in total. The summed E-state index contributed by atoms with van der Waals surface area (Å²) in [7, 11) is 1.66. The summed E-state index contributed by atoms with van der Waals surface area (Å²) in [6.07, 6.45) is 0.905. The van der Waals surface area contributed by atoms with Crippen LogP contribution in [0.2, 0.25) is 0 Å². The van der Waals surface area contributed by atoms with Crippen molar-refractivity contribution in [1.29, 1.82) is 0 Å². The number of methoxy groups -OCH3 is 1. The van der Waals surface area contributed by atoms with Crippen LogP contribution in [-0.4, -0.2) is 33.7 Å². The lowest BCUT2D eigenvalue weighted by atomic mass is 9.97. The Bertz CT molecular complexity index is 1170. The first kappa shape index (κ1) is 18.4. The quantitative estimate of drug-likeness (QED) is 0.471. The van der Waals surface area contributed by atoms with Crippen molar-refractivity contribution < 1.29 is 4.74 Å². The van der Waals surface area contributed by atoms with Crippen LogP contribution in [0.15, 0.2) is 54.6 Å². The molecule has 0 atom stereocenters. The first-order chi connectivity index (χ1) is 14.7. The van der Waals surface area contributed by atoms with Gasteiger partial charge in [-0.2, -0.15) is 5.10 Å². The Hall–Kier alpha value is -3.58. The van der Waals surface area contributed by atoms with Crippen molar-refractivity contribution >= 4 is 28.4 Å². The van der Waals surface area contributed by atoms with Gasteiger partial charge in [-0.3, -0.25) is 10.00 Å². The summed E-state index contributed by atoms with van der Waals surface area (Å²) in [5.41, 5.74) is 11.5. The van der Waals surface area contributed by atoms with E-state index >= 15 is 0 Å². The number of hydrogen-bond acceptors (Lipinski definition) is 6. The van der Waals surface area contributed by atoms with Crippen LogP contribution in [0.25, 0.3) is 11.0 Å². The molecule has 1 aliphatic rings. The van der Waals surface area contributed by atoms with Gasteiger partial charge in [0, 0.05) is 30.9 Å². The second-order valence-corrected chi connectivity index (χ2v) is 7.55. The van der Waals surface area contributed by atoms with Gasteiger partial charge in [0.15, 0.2) is 5.65 Å². The number of nitrogens with two attached hydrogens (primary N) is 1. The van der Waals surface area contributed by atoms with E-state index < -0.39 is 0 Å². The van der Waals surface area contributed by atoms with E-state index in [-0.39, 0.29) is 0 Å². The van der Waals surface area contributed by atoms with Gasteiger partial charge in [-0.05, 0) is 41.8 Å². The van der Waals surface area contributed by atoms with E-state index in [1.807, 2.05) is 30.3 Å². The number of hydrogen-bond donors (Lipinski definition) is 3. The Balaban J connectivity index is 1.51. The number of aromatic amines is 1. The molecule has 0 radical (unpaired) electrons. The molecule has 0 unspecified atom stereocenters. The molecule has 0 amide bonds. The first-order valence-corrected chi connectivity index (χ1v) is 10.0. The molecule has 30 heavy (non-hydrogen) atoms. The molecular weight excluding hydrogens is 376 g/mol. The molecule has 7 heteroatoms. The normalized spacial score (nSPS) is 13.9. The van der Waals surface area contributed by atoms with Crippen LogP contribution >= 0.6 is 0 Å². The van der Waals surface area contributed by atoms with Gasteiger partial charge < -0.3 is 15.8 Å². The van der Waals surface area contributed by atoms with Crippen LogP contribution in [0.5, 0.6) is 5.75 Å². The smallest absolute Gasteiger partial charge is 0.185 e. The van der Waals surface area contributed by atoms with E-state index in [0.29, 0.717) is 11.5 Å². The number of nitrogen functional groups attached to an aromatic ring is 1. The average molecular weight is 400 g/mol. The molecule has 2 aromatic heterocycles. The van der Waals surface area contributed by atoms with Crippen molar-refractivity contribution in [2.75, 3.05) is 24.7 Å². The molecule has 1 aliphatic heterocycles. The number of aromatic nitrogens is 3. The Morgan fingerprint density at radius 2 is 1.90 bits per heavy atom. The lowest BCUT2D eigenvalue weighted by Crippen LogP contribution is -2.31. The minimum Gasteiger partial charge on any atom is -0.497 e. The third-order valence-electron chi connectivity index (χ3n) is 5.61. The fourth-order valence-corrected chi connectivity index (χ4v) is 4.10. The Labute approximate surface area is 174 Å². The molecule has 7 nitrogen and oxygen atoms in total. The summed E-state index contributed by atoms with van der Waals surface area (Å²) < 4.78 is 5.26. The van der Waals surface area contributed by atoms with Gasteiger partial charge in [-0.25, -0.2) is 4.98 Å². The number of anilines is 3. The molecule has 0 saturated heterocycles. The van der Waals surface area contributed by atoms with Crippen molar-refractivity contribution in [1.82, 2.24) is 20.1 Å². The number of nitrogens with one attached hydrogen (secondary N) is 2. The van der Waals surface area contributed by atoms with E-state index in [1.54, 1.807) is 7.11 Å². The SMILES string of the molecule is COc1ccc(Nc2nc3n[nH]c(N)c3c3c2CN(Cc2ccccc2)CC3)cc1. The number of nitrogens with zero attached hydrogens (tertiary/aromatic N) is 3. The zero-order valence-electron chi connectivity index (χ0n) is 16.9. The Morgan fingerprint density at radius 3 is 2.67 bits per heavy atom. The molecule has 0 saturated carbocycles. The predicted octanol–water partition coefficient (Wildman–Crippen LogP) is 3.85. The number of ether oxygens (including phenoxy) is 1. The summed E-state index contributed by atoms with van der Waals surface area (Å²) in [4.78, 5) is 7.24. The van der Waals surface area contributed by atoms with Gasteiger partial charge in [0.1, 0.15) is 17.4 Å². The zero-order valence-corrected chi connectivity index (χ0v) is 16.9. The van der Waals surface area contributed by atoms with Crippen LogP contribution < -0.4 is 15.8 Å². The fraction of sp³-hybridized carbons (Fsp3) is 0.217. The van der Waals surface area contributed by atoms with Crippen molar-refractivity contribution in [3.63, 3.8) is 0 Å². The maximum Gasteiger partial charge on any atom is 0.185 e. The number of benzene rings is 2. The fourth-order valence-electron chi connectivity index (χ4n) is 4.10. The minimum atomic E-state index is 0.584. The Kier molecular flexibility index (Phi) is 4.72. The molecule has 2 aromatic carbocycles. The molecule has 0 fully saturated rings. The van der Waals surface area contributed by atoms with Gasteiger partial charge in [0.25, 0.3) is 0 Å². The average Bonchev–Trinajstić information content (AvgIpc) is 3.15. The molecule has 4 aromatic rings. The van der Waals surface area contributed by atoms with Gasteiger partial charge in [0.05, 0.1) is 12.5 Å². The van der Waals surface area contributed by atoms with Crippen molar-refractivity contribution in [2.24, 2.45) is 0 Å². The van der Waals surface area contributed by atoms with E-state index in [2.05, 4.69) is 44.7 Å². The lowest BCUT2D eigenvalue weighted by Gasteiger charge is -2.30. The van der Waals surface area contributed by atoms with E-state index in [9.17, 15) is 0 Å². The summed E-state index contributed by atoms with van der Waals surface area (Å²) in [6.45, 7) is 2.67. The highest BCUT2D eigenvalue weighted by Gasteiger charge is 2.25. The van der Waals surface area contributed by atoms with Crippen LogP contribution in [0.4, 0.5) is 17.3 Å². The second-order valence-electron chi connectivity index (χ2n) is 7.55. The highest BCUT2D eigenvalue weighted by molar-refractivity contribution is 5.92. The first-order valence-electron chi connectivity index (χ1n) is 10.0.